The van der Waals surface area contributed by atoms with E-state index < -0.39 is 10.0 Å². The Bertz CT molecular complexity index is 786. The second kappa shape index (κ2) is 8.29. The molecule has 0 bridgehead atoms. The lowest BCUT2D eigenvalue weighted by molar-refractivity contribution is -0.134. The number of benzene rings is 1. The molecule has 1 unspecified atom stereocenters. The summed E-state index contributed by atoms with van der Waals surface area (Å²) in [5.74, 6) is 0.118. The molecule has 2 aliphatic heterocycles. The Morgan fingerprint density at radius 1 is 1.04 bits per heavy atom. The van der Waals surface area contributed by atoms with Crippen molar-refractivity contribution in [3.63, 3.8) is 0 Å². The van der Waals surface area contributed by atoms with E-state index in [0.717, 1.165) is 30.5 Å². The lowest BCUT2D eigenvalue weighted by Crippen LogP contribution is -2.53. The van der Waals surface area contributed by atoms with Crippen molar-refractivity contribution in [2.45, 2.75) is 51.0 Å². The molecule has 2 aliphatic rings. The smallest absolute Gasteiger partial charge is 0.243 e. The van der Waals surface area contributed by atoms with E-state index in [9.17, 15) is 13.2 Å². The van der Waals surface area contributed by atoms with Crippen LogP contribution in [0.1, 0.15) is 37.3 Å². The van der Waals surface area contributed by atoms with Crippen LogP contribution in [-0.2, 0) is 14.8 Å². The number of aryl methyl sites for hydroxylation is 2. The highest BCUT2D eigenvalue weighted by Crippen LogP contribution is 2.21. The zero-order valence-corrected chi connectivity index (χ0v) is 17.5. The Kier molecular flexibility index (Phi) is 6.23. The fraction of sp³-hybridized carbons (Fsp3) is 0.650. The maximum absolute atomic E-state index is 12.9. The molecule has 2 heterocycles. The van der Waals surface area contributed by atoms with Crippen LogP contribution < -0.4 is 0 Å². The van der Waals surface area contributed by atoms with Crippen LogP contribution in [0.15, 0.2) is 23.1 Å². The highest BCUT2D eigenvalue weighted by molar-refractivity contribution is 7.89. The SMILES string of the molecule is Cc1ccc(S(=O)(=O)N2CCN(C(=O)CN3CCCCC3C)CC2)cc1C. The van der Waals surface area contributed by atoms with Crippen LogP contribution >= 0.6 is 0 Å². The molecule has 7 heteroatoms. The molecule has 0 saturated carbocycles. The molecule has 0 spiro atoms. The Hall–Kier alpha value is -1.44. The summed E-state index contributed by atoms with van der Waals surface area (Å²) in [6.45, 7) is 9.15. The maximum Gasteiger partial charge on any atom is 0.243 e. The largest absolute Gasteiger partial charge is 0.339 e. The third-order valence-electron chi connectivity index (χ3n) is 5.99. The molecule has 2 saturated heterocycles. The number of nitrogens with zero attached hydrogens (tertiary/aromatic N) is 3. The van der Waals surface area contributed by atoms with Crippen molar-refractivity contribution in [3.8, 4) is 0 Å². The summed E-state index contributed by atoms with van der Waals surface area (Å²) in [6, 6.07) is 5.71. The summed E-state index contributed by atoms with van der Waals surface area (Å²) in [7, 11) is -3.50. The van der Waals surface area contributed by atoms with Gasteiger partial charge >= 0.3 is 0 Å². The van der Waals surface area contributed by atoms with Gasteiger partial charge in [0.2, 0.25) is 15.9 Å². The number of hydrogen-bond acceptors (Lipinski definition) is 4. The number of piperidine rings is 1. The molecule has 2 fully saturated rings. The van der Waals surface area contributed by atoms with Crippen molar-refractivity contribution >= 4 is 15.9 Å². The van der Waals surface area contributed by atoms with Crippen molar-refractivity contribution in [1.29, 1.82) is 0 Å². The van der Waals surface area contributed by atoms with Gasteiger partial charge < -0.3 is 4.90 Å². The number of carbonyl (C=O) groups is 1. The van der Waals surface area contributed by atoms with Gasteiger partial charge in [0.05, 0.1) is 11.4 Å². The van der Waals surface area contributed by atoms with Crippen molar-refractivity contribution in [2.24, 2.45) is 0 Å². The summed E-state index contributed by atoms with van der Waals surface area (Å²) in [6.07, 6.45) is 3.54. The second-order valence-corrected chi connectivity index (χ2v) is 9.78. The fourth-order valence-corrected chi connectivity index (χ4v) is 5.38. The third-order valence-corrected chi connectivity index (χ3v) is 7.88. The molecule has 1 aromatic rings. The molecule has 0 N–H and O–H groups in total. The van der Waals surface area contributed by atoms with Crippen LogP contribution in [0.25, 0.3) is 0 Å². The quantitative estimate of drug-likeness (QED) is 0.785. The fourth-order valence-electron chi connectivity index (χ4n) is 3.87. The van der Waals surface area contributed by atoms with E-state index in [2.05, 4.69) is 11.8 Å². The third kappa shape index (κ3) is 4.52. The van der Waals surface area contributed by atoms with Gasteiger partial charge in [0, 0.05) is 32.2 Å². The number of carbonyl (C=O) groups excluding carboxylic acids is 1. The maximum atomic E-state index is 12.9. The predicted octanol–water partition coefficient (Wildman–Crippen LogP) is 2.01. The minimum Gasteiger partial charge on any atom is -0.339 e. The highest BCUT2D eigenvalue weighted by atomic mass is 32.2. The van der Waals surface area contributed by atoms with Crippen molar-refractivity contribution in [1.82, 2.24) is 14.1 Å². The molecule has 6 nitrogen and oxygen atoms in total. The summed E-state index contributed by atoms with van der Waals surface area (Å²) in [5.41, 5.74) is 2.05. The van der Waals surface area contributed by atoms with Crippen molar-refractivity contribution < 1.29 is 13.2 Å². The number of piperazine rings is 1. The number of likely N-dealkylation sites (tertiary alicyclic amines) is 1. The van der Waals surface area contributed by atoms with Gasteiger partial charge in [0.1, 0.15) is 0 Å². The molecule has 0 aliphatic carbocycles. The van der Waals surface area contributed by atoms with E-state index in [-0.39, 0.29) is 5.91 Å². The first-order chi connectivity index (χ1) is 12.8. The average Bonchev–Trinajstić information content (AvgIpc) is 2.65. The minimum absolute atomic E-state index is 0.118. The molecule has 1 atom stereocenters. The molecular formula is C20H31N3O3S. The zero-order chi connectivity index (χ0) is 19.6. The topological polar surface area (TPSA) is 60.9 Å². The summed E-state index contributed by atoms with van der Waals surface area (Å²) in [5, 5.41) is 0. The van der Waals surface area contributed by atoms with E-state index in [1.165, 1.54) is 10.7 Å². The first-order valence-electron chi connectivity index (χ1n) is 9.88. The standard InChI is InChI=1S/C20H31N3O3S/c1-16-7-8-19(14-17(16)2)27(25,26)23-12-10-21(11-13-23)20(24)15-22-9-5-4-6-18(22)3/h7-8,14,18H,4-6,9-13,15H2,1-3H3. The summed E-state index contributed by atoms with van der Waals surface area (Å²) < 4.78 is 27.3. The minimum atomic E-state index is -3.50. The highest BCUT2D eigenvalue weighted by Gasteiger charge is 2.31. The van der Waals surface area contributed by atoms with Gasteiger partial charge in [0.15, 0.2) is 0 Å². The van der Waals surface area contributed by atoms with E-state index in [1.807, 2.05) is 24.8 Å². The molecule has 1 aromatic carbocycles. The van der Waals surface area contributed by atoms with Crippen LogP contribution in [0.3, 0.4) is 0 Å². The number of rotatable bonds is 4. The van der Waals surface area contributed by atoms with Gasteiger partial charge in [-0.2, -0.15) is 4.31 Å². The van der Waals surface area contributed by atoms with Crippen LogP contribution in [0.5, 0.6) is 0 Å². The van der Waals surface area contributed by atoms with Gasteiger partial charge in [-0.05, 0) is 63.4 Å². The van der Waals surface area contributed by atoms with E-state index in [1.54, 1.807) is 12.1 Å². The molecule has 3 rings (SSSR count). The van der Waals surface area contributed by atoms with Gasteiger partial charge in [0.25, 0.3) is 0 Å². The van der Waals surface area contributed by atoms with Crippen LogP contribution in [0, 0.1) is 13.8 Å². The first-order valence-corrected chi connectivity index (χ1v) is 11.3. The molecular weight excluding hydrogens is 362 g/mol. The number of hydrogen-bond donors (Lipinski definition) is 0. The Morgan fingerprint density at radius 2 is 1.74 bits per heavy atom. The van der Waals surface area contributed by atoms with Crippen molar-refractivity contribution in [2.75, 3.05) is 39.3 Å². The Labute approximate surface area is 163 Å². The molecule has 150 valence electrons. The van der Waals surface area contributed by atoms with E-state index >= 15 is 0 Å². The van der Waals surface area contributed by atoms with Crippen LogP contribution in [0.2, 0.25) is 0 Å². The van der Waals surface area contributed by atoms with Gasteiger partial charge in [-0.25, -0.2) is 8.42 Å². The molecule has 1 amide bonds. The molecule has 0 aromatic heterocycles. The molecule has 0 radical (unpaired) electrons. The average molecular weight is 394 g/mol. The van der Waals surface area contributed by atoms with Gasteiger partial charge in [-0.1, -0.05) is 12.5 Å². The lowest BCUT2D eigenvalue weighted by Gasteiger charge is -2.37. The van der Waals surface area contributed by atoms with Crippen LogP contribution in [-0.4, -0.2) is 73.7 Å². The Morgan fingerprint density at radius 3 is 2.37 bits per heavy atom. The van der Waals surface area contributed by atoms with E-state index in [0.29, 0.717) is 43.7 Å². The summed E-state index contributed by atoms with van der Waals surface area (Å²) >= 11 is 0. The second-order valence-electron chi connectivity index (χ2n) is 7.85. The monoisotopic (exact) mass is 393 g/mol. The molecule has 27 heavy (non-hydrogen) atoms. The number of sulfonamides is 1. The summed E-state index contributed by atoms with van der Waals surface area (Å²) in [4.78, 5) is 17.0. The first kappa shape index (κ1) is 20.3. The lowest BCUT2D eigenvalue weighted by atomic mass is 10.0. The van der Waals surface area contributed by atoms with Crippen LogP contribution in [0.4, 0.5) is 0 Å². The normalized spacial score (nSPS) is 22.8. The zero-order valence-electron chi connectivity index (χ0n) is 16.6. The predicted molar refractivity (Wildman–Crippen MR) is 106 cm³/mol. The van der Waals surface area contributed by atoms with Gasteiger partial charge in [-0.3, -0.25) is 9.69 Å². The van der Waals surface area contributed by atoms with Gasteiger partial charge in [-0.15, -0.1) is 0 Å². The number of amides is 1. The van der Waals surface area contributed by atoms with E-state index in [4.69, 9.17) is 0 Å². The van der Waals surface area contributed by atoms with Crippen molar-refractivity contribution in [3.05, 3.63) is 29.3 Å². The Balaban J connectivity index is 1.59.